The Bertz CT molecular complexity index is 1120. The fourth-order valence-corrected chi connectivity index (χ4v) is 3.36. The highest BCUT2D eigenvalue weighted by atomic mass is 79.9. The Morgan fingerprint density at radius 3 is 2.36 bits per heavy atom. The molecule has 0 N–H and O–H groups in total. The Kier molecular flexibility index (Phi) is 5.37. The molecule has 0 aliphatic carbocycles. The zero-order valence-electron chi connectivity index (χ0n) is 14.7. The maximum atomic E-state index is 11.4. The summed E-state index contributed by atoms with van der Waals surface area (Å²) in [5.74, 6) is 0. The third kappa shape index (κ3) is 3.91. The Morgan fingerprint density at radius 2 is 1.64 bits per heavy atom. The molecule has 1 heterocycles. The first-order valence-corrected chi connectivity index (χ1v) is 9.82. The van der Waals surface area contributed by atoms with Gasteiger partial charge in [-0.2, -0.15) is 9.90 Å². The van der Waals surface area contributed by atoms with Gasteiger partial charge in [-0.05, 0) is 42.0 Å². The molecular formula is C22H15BrClN3O. The summed E-state index contributed by atoms with van der Waals surface area (Å²) in [4.78, 5) is 13.0. The first kappa shape index (κ1) is 18.6. The van der Waals surface area contributed by atoms with Crippen molar-refractivity contribution >= 4 is 33.8 Å². The van der Waals surface area contributed by atoms with Crippen LogP contribution in [0.4, 0.5) is 0 Å². The average Bonchev–Trinajstić information content (AvgIpc) is 3.13. The number of hydrogen-bond acceptors (Lipinski definition) is 3. The minimum Gasteiger partial charge on any atom is -0.298 e. The van der Waals surface area contributed by atoms with Crippen molar-refractivity contribution in [2.24, 2.45) is 0 Å². The zero-order chi connectivity index (χ0) is 19.5. The first-order valence-electron chi connectivity index (χ1n) is 8.65. The highest BCUT2D eigenvalue weighted by molar-refractivity contribution is 9.10. The second-order valence-electron chi connectivity index (χ2n) is 6.26. The molecule has 0 saturated heterocycles. The molecule has 0 aliphatic rings. The number of aromatic nitrogens is 3. The van der Waals surface area contributed by atoms with Crippen LogP contribution in [0.25, 0.3) is 16.9 Å². The van der Waals surface area contributed by atoms with E-state index in [1.807, 2.05) is 72.8 Å². The lowest BCUT2D eigenvalue weighted by atomic mass is 10.0. The smallest absolute Gasteiger partial charge is 0.150 e. The molecule has 1 aromatic heterocycles. The number of carbonyl (C=O) groups is 1. The van der Waals surface area contributed by atoms with Gasteiger partial charge in [-0.1, -0.05) is 63.9 Å². The van der Waals surface area contributed by atoms with E-state index in [0.29, 0.717) is 17.0 Å². The summed E-state index contributed by atoms with van der Waals surface area (Å²) in [5, 5.41) is 10.1. The van der Waals surface area contributed by atoms with Crippen LogP contribution in [0, 0.1) is 0 Å². The molecule has 3 aromatic carbocycles. The topological polar surface area (TPSA) is 47.8 Å². The Balaban J connectivity index is 1.81. The second-order valence-corrected chi connectivity index (χ2v) is 7.61. The predicted octanol–water partition coefficient (Wildman–Crippen LogP) is 5.75. The summed E-state index contributed by atoms with van der Waals surface area (Å²) in [6, 6.07) is 22.8. The molecule has 28 heavy (non-hydrogen) atoms. The molecule has 0 bridgehead atoms. The van der Waals surface area contributed by atoms with Crippen molar-refractivity contribution in [2.45, 2.75) is 6.42 Å². The maximum Gasteiger partial charge on any atom is 0.150 e. The van der Waals surface area contributed by atoms with Gasteiger partial charge in [0.1, 0.15) is 12.0 Å². The van der Waals surface area contributed by atoms with Crippen molar-refractivity contribution in [1.82, 2.24) is 15.0 Å². The summed E-state index contributed by atoms with van der Waals surface area (Å²) >= 11 is 9.49. The van der Waals surface area contributed by atoms with E-state index in [4.69, 9.17) is 21.8 Å². The molecule has 138 valence electrons. The van der Waals surface area contributed by atoms with E-state index in [-0.39, 0.29) is 0 Å². The van der Waals surface area contributed by atoms with Crippen LogP contribution in [0.1, 0.15) is 21.6 Å². The number of halogens is 2. The number of benzene rings is 3. The molecule has 4 aromatic rings. The van der Waals surface area contributed by atoms with Gasteiger partial charge < -0.3 is 0 Å². The summed E-state index contributed by atoms with van der Waals surface area (Å²) in [5.41, 5.74) is 4.90. The van der Waals surface area contributed by atoms with Crippen molar-refractivity contribution in [2.75, 3.05) is 0 Å². The molecule has 0 unspecified atom stereocenters. The number of aldehydes is 1. The van der Waals surface area contributed by atoms with E-state index in [1.165, 1.54) is 0 Å². The van der Waals surface area contributed by atoms with E-state index in [0.717, 1.165) is 39.0 Å². The standard InChI is InChI=1S/C22H15BrClN3O/c23-18-7-11-20(12-8-18)27-25-21(13-16-3-1-2-4-17(16)14-28)22(26-27)15-5-9-19(24)10-6-15/h1-12,14H,13H2. The zero-order valence-corrected chi connectivity index (χ0v) is 17.1. The Labute approximate surface area is 175 Å². The van der Waals surface area contributed by atoms with Gasteiger partial charge in [0, 0.05) is 27.0 Å². The van der Waals surface area contributed by atoms with Gasteiger partial charge in [0.05, 0.1) is 11.4 Å². The van der Waals surface area contributed by atoms with E-state index in [2.05, 4.69) is 15.9 Å². The van der Waals surface area contributed by atoms with Gasteiger partial charge in [-0.25, -0.2) is 0 Å². The molecular weight excluding hydrogens is 438 g/mol. The van der Waals surface area contributed by atoms with Crippen LogP contribution in [-0.2, 0) is 6.42 Å². The van der Waals surface area contributed by atoms with Crippen molar-refractivity contribution in [3.05, 3.63) is 99.1 Å². The van der Waals surface area contributed by atoms with Crippen molar-refractivity contribution in [1.29, 1.82) is 0 Å². The molecule has 6 heteroatoms. The quantitative estimate of drug-likeness (QED) is 0.362. The lowest BCUT2D eigenvalue weighted by molar-refractivity contribution is 0.112. The van der Waals surface area contributed by atoms with Crippen molar-refractivity contribution < 1.29 is 4.79 Å². The van der Waals surface area contributed by atoms with Crippen LogP contribution in [-0.4, -0.2) is 21.3 Å². The monoisotopic (exact) mass is 451 g/mol. The average molecular weight is 453 g/mol. The lowest BCUT2D eigenvalue weighted by Gasteiger charge is -2.04. The first-order chi connectivity index (χ1) is 13.6. The largest absolute Gasteiger partial charge is 0.298 e. The van der Waals surface area contributed by atoms with E-state index in [1.54, 1.807) is 4.80 Å². The number of nitrogens with zero attached hydrogens (tertiary/aromatic N) is 3. The summed E-state index contributed by atoms with van der Waals surface area (Å²) < 4.78 is 0.987. The molecule has 4 rings (SSSR count). The SMILES string of the molecule is O=Cc1ccccc1Cc1nn(-c2ccc(Br)cc2)nc1-c1ccc(Cl)cc1. The van der Waals surface area contributed by atoms with E-state index >= 15 is 0 Å². The highest BCUT2D eigenvalue weighted by Crippen LogP contribution is 2.26. The van der Waals surface area contributed by atoms with Crippen LogP contribution in [0.2, 0.25) is 5.02 Å². The van der Waals surface area contributed by atoms with E-state index < -0.39 is 0 Å². The van der Waals surface area contributed by atoms with Gasteiger partial charge in [0.25, 0.3) is 0 Å². The second kappa shape index (κ2) is 8.09. The van der Waals surface area contributed by atoms with Crippen LogP contribution >= 0.6 is 27.5 Å². The molecule has 0 atom stereocenters. The van der Waals surface area contributed by atoms with Gasteiger partial charge in [-0.3, -0.25) is 4.79 Å². The number of hydrogen-bond donors (Lipinski definition) is 0. The predicted molar refractivity (Wildman–Crippen MR) is 114 cm³/mol. The van der Waals surface area contributed by atoms with Crippen LogP contribution in [0.5, 0.6) is 0 Å². The molecule has 0 spiro atoms. The summed E-state index contributed by atoms with van der Waals surface area (Å²) in [6.07, 6.45) is 1.37. The number of rotatable bonds is 5. The minimum atomic E-state index is 0.503. The summed E-state index contributed by atoms with van der Waals surface area (Å²) in [7, 11) is 0. The Hall–Kier alpha value is -2.76. The summed E-state index contributed by atoms with van der Waals surface area (Å²) in [6.45, 7) is 0. The molecule has 0 amide bonds. The minimum absolute atomic E-state index is 0.503. The molecule has 0 radical (unpaired) electrons. The Morgan fingerprint density at radius 1 is 0.929 bits per heavy atom. The molecule has 0 fully saturated rings. The fraction of sp³-hybridized carbons (Fsp3) is 0.0455. The van der Waals surface area contributed by atoms with Crippen LogP contribution < -0.4 is 0 Å². The van der Waals surface area contributed by atoms with Gasteiger partial charge >= 0.3 is 0 Å². The molecule has 0 aliphatic heterocycles. The van der Waals surface area contributed by atoms with Crippen molar-refractivity contribution in [3.8, 4) is 16.9 Å². The van der Waals surface area contributed by atoms with Crippen LogP contribution in [0.15, 0.2) is 77.3 Å². The van der Waals surface area contributed by atoms with Gasteiger partial charge in [-0.15, -0.1) is 5.10 Å². The maximum absolute atomic E-state index is 11.4. The normalized spacial score (nSPS) is 10.8. The lowest BCUT2D eigenvalue weighted by Crippen LogP contribution is -2.00. The van der Waals surface area contributed by atoms with Crippen molar-refractivity contribution in [3.63, 3.8) is 0 Å². The molecule has 4 nitrogen and oxygen atoms in total. The van der Waals surface area contributed by atoms with Gasteiger partial charge in [0.15, 0.2) is 0 Å². The van der Waals surface area contributed by atoms with Gasteiger partial charge in [0.2, 0.25) is 0 Å². The third-order valence-corrected chi connectivity index (χ3v) is 5.18. The third-order valence-electron chi connectivity index (χ3n) is 4.40. The van der Waals surface area contributed by atoms with E-state index in [9.17, 15) is 4.79 Å². The molecule has 0 saturated carbocycles. The van der Waals surface area contributed by atoms with Crippen LogP contribution in [0.3, 0.4) is 0 Å². The highest BCUT2D eigenvalue weighted by Gasteiger charge is 2.16. The fourth-order valence-electron chi connectivity index (χ4n) is 2.97. The number of carbonyl (C=O) groups excluding carboxylic acids is 1.